The lowest BCUT2D eigenvalue weighted by Crippen LogP contribution is -2.49. The summed E-state index contributed by atoms with van der Waals surface area (Å²) in [6.45, 7) is 1.92. The molecule has 0 aromatic heterocycles. The number of carbonyl (C=O) groups is 1. The van der Waals surface area contributed by atoms with Gasteiger partial charge in [-0.3, -0.25) is 0 Å². The first-order chi connectivity index (χ1) is 8.50. The highest BCUT2D eigenvalue weighted by Crippen LogP contribution is 2.32. The van der Waals surface area contributed by atoms with Crippen molar-refractivity contribution in [1.29, 1.82) is 0 Å². The lowest BCUT2D eigenvalue weighted by Gasteiger charge is -2.28. The first kappa shape index (κ1) is 14.8. The molecule has 0 radical (unpaired) electrons. The van der Waals surface area contributed by atoms with Crippen LogP contribution in [0.15, 0.2) is 24.8 Å². The second-order valence-corrected chi connectivity index (χ2v) is 3.76. The van der Waals surface area contributed by atoms with Crippen LogP contribution >= 0.6 is 0 Å². The van der Waals surface area contributed by atoms with Crippen LogP contribution in [0.5, 0.6) is 0 Å². The van der Waals surface area contributed by atoms with Gasteiger partial charge in [-0.2, -0.15) is 0 Å². The van der Waals surface area contributed by atoms with Crippen LogP contribution in [0.4, 0.5) is 0 Å². The van der Waals surface area contributed by atoms with Gasteiger partial charge >= 0.3 is 5.97 Å². The summed E-state index contributed by atoms with van der Waals surface area (Å²) in [6, 6.07) is 0. The summed E-state index contributed by atoms with van der Waals surface area (Å²) >= 11 is 0. The zero-order valence-corrected chi connectivity index (χ0v) is 9.60. The van der Waals surface area contributed by atoms with E-state index >= 15 is 0 Å². The topological polar surface area (TPSA) is 116 Å². The number of allylic oxidation sites excluding steroid dienone is 2. The van der Waals surface area contributed by atoms with Gasteiger partial charge < -0.3 is 29.9 Å². The van der Waals surface area contributed by atoms with E-state index in [9.17, 15) is 20.1 Å². The molecule has 7 nitrogen and oxygen atoms in total. The molecule has 0 spiro atoms. The molecule has 1 aliphatic rings. The highest BCUT2D eigenvalue weighted by molar-refractivity contribution is 5.82. The Kier molecular flexibility index (Phi) is 5.00. The van der Waals surface area contributed by atoms with Crippen molar-refractivity contribution in [1.82, 2.24) is 0 Å². The SMILES string of the molecule is C=CC=CC(=O)OC1(CO)O[C@H](CO)[C@@H](O)[C@@H]1O. The Hall–Kier alpha value is -1.25. The van der Waals surface area contributed by atoms with E-state index in [0.29, 0.717) is 0 Å². The quantitative estimate of drug-likeness (QED) is 0.258. The second kappa shape index (κ2) is 6.07. The fourth-order valence-corrected chi connectivity index (χ4v) is 1.60. The summed E-state index contributed by atoms with van der Waals surface area (Å²) in [5.74, 6) is -2.95. The van der Waals surface area contributed by atoms with Gasteiger partial charge in [0.05, 0.1) is 6.61 Å². The molecule has 1 unspecified atom stereocenters. The minimum Gasteiger partial charge on any atom is -0.424 e. The molecular weight excluding hydrogens is 244 g/mol. The zero-order valence-electron chi connectivity index (χ0n) is 9.60. The minimum atomic E-state index is -2.07. The van der Waals surface area contributed by atoms with Crippen LogP contribution in [0.25, 0.3) is 0 Å². The summed E-state index contributed by atoms with van der Waals surface area (Å²) in [6.07, 6.45) is -0.597. The predicted molar refractivity (Wildman–Crippen MR) is 59.2 cm³/mol. The van der Waals surface area contributed by atoms with E-state index in [1.807, 2.05) is 0 Å². The lowest BCUT2D eigenvalue weighted by molar-refractivity contribution is -0.261. The van der Waals surface area contributed by atoms with E-state index in [1.54, 1.807) is 0 Å². The Labute approximate surface area is 104 Å². The molecular formula is C11H16O7. The van der Waals surface area contributed by atoms with Crippen molar-refractivity contribution in [3.8, 4) is 0 Å². The molecule has 1 heterocycles. The smallest absolute Gasteiger partial charge is 0.333 e. The second-order valence-electron chi connectivity index (χ2n) is 3.76. The first-order valence-electron chi connectivity index (χ1n) is 5.28. The maximum atomic E-state index is 11.4. The van der Waals surface area contributed by atoms with Crippen molar-refractivity contribution < 1.29 is 34.7 Å². The molecule has 1 fully saturated rings. The maximum absolute atomic E-state index is 11.4. The Balaban J connectivity index is 2.83. The predicted octanol–water partition coefficient (Wildman–Crippen LogP) is -1.93. The highest BCUT2D eigenvalue weighted by atomic mass is 16.8. The fraction of sp³-hybridized carbons (Fsp3) is 0.545. The molecule has 1 saturated heterocycles. The third-order valence-corrected chi connectivity index (χ3v) is 2.55. The average Bonchev–Trinajstić information content (AvgIpc) is 2.61. The number of aliphatic hydroxyl groups is 4. The van der Waals surface area contributed by atoms with Crippen molar-refractivity contribution in [3.05, 3.63) is 24.8 Å². The van der Waals surface area contributed by atoms with E-state index in [-0.39, 0.29) is 0 Å². The largest absolute Gasteiger partial charge is 0.424 e. The Morgan fingerprint density at radius 2 is 2.11 bits per heavy atom. The van der Waals surface area contributed by atoms with Gasteiger partial charge in [0.1, 0.15) is 18.8 Å². The Bertz CT molecular complexity index is 340. The van der Waals surface area contributed by atoms with E-state index in [0.717, 1.165) is 6.08 Å². The molecule has 4 atom stereocenters. The first-order valence-corrected chi connectivity index (χ1v) is 5.28. The van der Waals surface area contributed by atoms with Crippen molar-refractivity contribution in [2.24, 2.45) is 0 Å². The maximum Gasteiger partial charge on any atom is 0.333 e. The summed E-state index contributed by atoms with van der Waals surface area (Å²) < 4.78 is 9.82. The molecule has 102 valence electrons. The summed E-state index contributed by atoms with van der Waals surface area (Å²) in [7, 11) is 0. The zero-order chi connectivity index (χ0) is 13.8. The molecule has 7 heteroatoms. The Morgan fingerprint density at radius 1 is 1.44 bits per heavy atom. The average molecular weight is 260 g/mol. The number of aliphatic hydroxyl groups excluding tert-OH is 4. The fourth-order valence-electron chi connectivity index (χ4n) is 1.60. The third kappa shape index (κ3) is 2.77. The van der Waals surface area contributed by atoms with Crippen molar-refractivity contribution in [2.75, 3.05) is 13.2 Å². The molecule has 0 bridgehead atoms. The summed E-state index contributed by atoms with van der Waals surface area (Å²) in [5.41, 5.74) is 0. The van der Waals surface area contributed by atoms with Gasteiger partial charge in [0.15, 0.2) is 6.10 Å². The lowest BCUT2D eigenvalue weighted by atomic mass is 10.1. The van der Waals surface area contributed by atoms with E-state index in [1.165, 1.54) is 12.2 Å². The van der Waals surface area contributed by atoms with Crippen molar-refractivity contribution >= 4 is 5.97 Å². The Morgan fingerprint density at radius 3 is 2.56 bits per heavy atom. The van der Waals surface area contributed by atoms with Gasteiger partial charge in [0.25, 0.3) is 5.79 Å². The summed E-state index contributed by atoms with van der Waals surface area (Å²) in [4.78, 5) is 11.4. The van der Waals surface area contributed by atoms with Gasteiger partial charge in [0.2, 0.25) is 0 Å². The molecule has 1 aliphatic heterocycles. The molecule has 18 heavy (non-hydrogen) atoms. The molecule has 0 saturated carbocycles. The molecule has 0 aromatic carbocycles. The van der Waals surface area contributed by atoms with Crippen LogP contribution in [-0.4, -0.2) is 63.7 Å². The standard InChI is InChI=1S/C11H16O7/c1-2-3-4-8(14)18-11(6-13)10(16)9(15)7(5-12)17-11/h2-4,7,9-10,12-13,15-16H,1,5-6H2/t7-,9-,10+,11?/m1/s1. The molecule has 0 amide bonds. The van der Waals surface area contributed by atoms with Crippen LogP contribution in [0.2, 0.25) is 0 Å². The number of hydrogen-bond donors (Lipinski definition) is 4. The molecule has 1 rings (SSSR count). The van der Waals surface area contributed by atoms with Gasteiger partial charge in [-0.05, 0) is 0 Å². The number of rotatable bonds is 5. The molecule has 4 N–H and O–H groups in total. The number of esters is 1. The minimum absolute atomic E-state index is 0.583. The van der Waals surface area contributed by atoms with E-state index < -0.39 is 43.3 Å². The number of ether oxygens (including phenoxy) is 2. The van der Waals surface area contributed by atoms with Crippen LogP contribution in [0.1, 0.15) is 0 Å². The van der Waals surface area contributed by atoms with Crippen LogP contribution in [0.3, 0.4) is 0 Å². The number of carbonyl (C=O) groups excluding carboxylic acids is 1. The molecule has 0 aliphatic carbocycles. The van der Waals surface area contributed by atoms with Crippen molar-refractivity contribution in [3.63, 3.8) is 0 Å². The van der Waals surface area contributed by atoms with Crippen molar-refractivity contribution in [2.45, 2.75) is 24.1 Å². The number of hydrogen-bond acceptors (Lipinski definition) is 7. The highest BCUT2D eigenvalue weighted by Gasteiger charge is 2.56. The van der Waals surface area contributed by atoms with Gasteiger partial charge in [-0.15, -0.1) is 0 Å². The monoisotopic (exact) mass is 260 g/mol. The van der Waals surface area contributed by atoms with Gasteiger partial charge in [-0.25, -0.2) is 4.79 Å². The van der Waals surface area contributed by atoms with E-state index in [2.05, 4.69) is 6.58 Å². The van der Waals surface area contributed by atoms with Gasteiger partial charge in [0, 0.05) is 6.08 Å². The van der Waals surface area contributed by atoms with Crippen LogP contribution in [0, 0.1) is 0 Å². The normalized spacial score (nSPS) is 35.9. The third-order valence-electron chi connectivity index (χ3n) is 2.55. The molecule has 0 aromatic rings. The van der Waals surface area contributed by atoms with Crippen LogP contribution < -0.4 is 0 Å². The van der Waals surface area contributed by atoms with Crippen LogP contribution in [-0.2, 0) is 14.3 Å². The summed E-state index contributed by atoms with van der Waals surface area (Å²) in [5, 5.41) is 37.4. The van der Waals surface area contributed by atoms with E-state index in [4.69, 9.17) is 14.6 Å². The van der Waals surface area contributed by atoms with Gasteiger partial charge in [-0.1, -0.05) is 18.7 Å².